The Morgan fingerprint density at radius 1 is 1.43 bits per heavy atom. The third-order valence-corrected chi connectivity index (χ3v) is 5.75. The molecule has 5 nitrogen and oxygen atoms in total. The van der Waals surface area contributed by atoms with Crippen molar-refractivity contribution in [1.82, 2.24) is 20.5 Å². The van der Waals surface area contributed by atoms with Crippen LogP contribution in [0.15, 0.2) is 11.2 Å². The average molecular weight is 449 g/mol. The summed E-state index contributed by atoms with van der Waals surface area (Å²) in [5.74, 6) is 1.56. The number of thiazole rings is 1. The fourth-order valence-corrected chi connectivity index (χ4v) is 3.85. The van der Waals surface area contributed by atoms with Crippen molar-refractivity contribution in [2.24, 2.45) is 10.9 Å². The van der Waals surface area contributed by atoms with Crippen LogP contribution in [-0.2, 0) is 13.0 Å². The number of aromatic nitrogens is 1. The van der Waals surface area contributed by atoms with E-state index in [0.29, 0.717) is 12.0 Å². The number of hydrogen-bond donors (Lipinski definition) is 2. The first-order valence-corrected chi connectivity index (χ1v) is 9.16. The maximum absolute atomic E-state index is 4.45. The van der Waals surface area contributed by atoms with Crippen LogP contribution in [0, 0.1) is 5.92 Å². The van der Waals surface area contributed by atoms with E-state index >= 15 is 0 Å². The Labute approximate surface area is 160 Å². The van der Waals surface area contributed by atoms with Gasteiger partial charge < -0.3 is 10.6 Å². The van der Waals surface area contributed by atoms with Gasteiger partial charge >= 0.3 is 0 Å². The lowest BCUT2D eigenvalue weighted by molar-refractivity contribution is 0.315. The SMILES string of the molecule is CCc1cnc(CNC(=NC)NC2CN(C3CC3)CC2C)s1.I. The van der Waals surface area contributed by atoms with Crippen LogP contribution < -0.4 is 10.6 Å². The van der Waals surface area contributed by atoms with Crippen LogP contribution in [0.4, 0.5) is 0 Å². The standard InChI is InChI=1S/C16H27N5S.HI/c1-4-13-7-18-15(22-13)8-19-16(17-3)20-14-10-21(9-11(14)2)12-5-6-12;/h7,11-12,14H,4-6,8-10H2,1-3H3,(H2,17,19,20);1H. The Hall–Kier alpha value is -0.410. The Bertz CT molecular complexity index is 528. The Balaban J connectivity index is 0.00000192. The molecule has 0 radical (unpaired) electrons. The maximum Gasteiger partial charge on any atom is 0.191 e. The molecule has 2 N–H and O–H groups in total. The van der Waals surface area contributed by atoms with E-state index in [1.165, 1.54) is 24.3 Å². The molecule has 1 aromatic heterocycles. The molecule has 0 amide bonds. The summed E-state index contributed by atoms with van der Waals surface area (Å²) in [5.41, 5.74) is 0. The lowest BCUT2D eigenvalue weighted by atomic mass is 10.1. The lowest BCUT2D eigenvalue weighted by Crippen LogP contribution is -2.46. The Kier molecular flexibility index (Phi) is 7.09. The van der Waals surface area contributed by atoms with Crippen molar-refractivity contribution in [3.8, 4) is 0 Å². The highest BCUT2D eigenvalue weighted by Crippen LogP contribution is 2.31. The zero-order valence-corrected chi connectivity index (χ0v) is 17.4. The first-order chi connectivity index (χ1) is 10.7. The maximum atomic E-state index is 4.45. The minimum Gasteiger partial charge on any atom is -0.352 e. The van der Waals surface area contributed by atoms with E-state index in [9.17, 15) is 0 Å². The van der Waals surface area contributed by atoms with E-state index in [1.807, 2.05) is 13.2 Å². The topological polar surface area (TPSA) is 52.6 Å². The van der Waals surface area contributed by atoms with Crippen molar-refractivity contribution in [2.75, 3.05) is 20.1 Å². The van der Waals surface area contributed by atoms with Crippen LogP contribution in [0.25, 0.3) is 0 Å². The van der Waals surface area contributed by atoms with Gasteiger partial charge in [0.05, 0.1) is 6.54 Å². The van der Waals surface area contributed by atoms with Crippen molar-refractivity contribution in [3.05, 3.63) is 16.1 Å². The van der Waals surface area contributed by atoms with Gasteiger partial charge in [-0.05, 0) is 25.2 Å². The first kappa shape index (κ1) is 18.9. The second-order valence-corrected chi connectivity index (χ2v) is 7.61. The van der Waals surface area contributed by atoms with E-state index in [0.717, 1.165) is 36.5 Å². The summed E-state index contributed by atoms with van der Waals surface area (Å²) < 4.78 is 0. The van der Waals surface area contributed by atoms with Gasteiger partial charge in [-0.25, -0.2) is 4.98 Å². The fourth-order valence-electron chi connectivity index (χ4n) is 3.05. The zero-order chi connectivity index (χ0) is 15.5. The highest BCUT2D eigenvalue weighted by Gasteiger charge is 2.38. The highest BCUT2D eigenvalue weighted by molar-refractivity contribution is 14.0. The minimum atomic E-state index is 0. The predicted molar refractivity (Wildman–Crippen MR) is 108 cm³/mol. The van der Waals surface area contributed by atoms with Gasteiger partial charge in [-0.1, -0.05) is 13.8 Å². The van der Waals surface area contributed by atoms with E-state index in [2.05, 4.69) is 39.4 Å². The van der Waals surface area contributed by atoms with E-state index in [4.69, 9.17) is 0 Å². The lowest BCUT2D eigenvalue weighted by Gasteiger charge is -2.20. The molecule has 2 fully saturated rings. The highest BCUT2D eigenvalue weighted by atomic mass is 127. The summed E-state index contributed by atoms with van der Waals surface area (Å²) in [6.45, 7) is 7.60. The summed E-state index contributed by atoms with van der Waals surface area (Å²) in [7, 11) is 1.84. The molecule has 1 aliphatic carbocycles. The second kappa shape index (κ2) is 8.62. The van der Waals surface area contributed by atoms with Gasteiger partial charge in [-0.2, -0.15) is 0 Å². The number of aliphatic imine (C=N–C) groups is 1. The van der Waals surface area contributed by atoms with Gasteiger partial charge in [0.15, 0.2) is 5.96 Å². The molecular formula is C16H28IN5S. The van der Waals surface area contributed by atoms with E-state index in [-0.39, 0.29) is 24.0 Å². The smallest absolute Gasteiger partial charge is 0.191 e. The van der Waals surface area contributed by atoms with Gasteiger partial charge in [-0.15, -0.1) is 35.3 Å². The molecule has 3 rings (SSSR count). The number of guanidine groups is 1. The number of nitrogens with zero attached hydrogens (tertiary/aromatic N) is 3. The summed E-state index contributed by atoms with van der Waals surface area (Å²) >= 11 is 1.78. The molecule has 23 heavy (non-hydrogen) atoms. The van der Waals surface area contributed by atoms with Gasteiger partial charge in [-0.3, -0.25) is 9.89 Å². The number of hydrogen-bond acceptors (Lipinski definition) is 4. The predicted octanol–water partition coefficient (Wildman–Crippen LogP) is 2.47. The van der Waals surface area contributed by atoms with Crippen LogP contribution in [0.5, 0.6) is 0 Å². The van der Waals surface area contributed by atoms with Crippen molar-refractivity contribution in [2.45, 2.75) is 51.7 Å². The molecule has 1 aromatic rings. The normalized spacial score (nSPS) is 25.3. The van der Waals surface area contributed by atoms with E-state index in [1.54, 1.807) is 11.3 Å². The number of likely N-dealkylation sites (tertiary alicyclic amines) is 1. The fraction of sp³-hybridized carbons (Fsp3) is 0.750. The van der Waals surface area contributed by atoms with Crippen molar-refractivity contribution < 1.29 is 0 Å². The minimum absolute atomic E-state index is 0. The molecule has 0 bridgehead atoms. The van der Waals surface area contributed by atoms with Crippen molar-refractivity contribution in [3.63, 3.8) is 0 Å². The molecule has 7 heteroatoms. The van der Waals surface area contributed by atoms with E-state index < -0.39 is 0 Å². The quantitative estimate of drug-likeness (QED) is 0.412. The second-order valence-electron chi connectivity index (χ2n) is 6.41. The van der Waals surface area contributed by atoms with Gasteiger partial charge in [0.25, 0.3) is 0 Å². The van der Waals surface area contributed by atoms with Gasteiger partial charge in [0, 0.05) is 43.3 Å². The molecular weight excluding hydrogens is 421 g/mol. The summed E-state index contributed by atoms with van der Waals surface area (Å²) in [6, 6.07) is 1.35. The molecule has 0 spiro atoms. The third kappa shape index (κ3) is 5.03. The largest absolute Gasteiger partial charge is 0.352 e. The molecule has 2 atom stereocenters. The molecule has 130 valence electrons. The summed E-state index contributed by atoms with van der Waals surface area (Å²) in [5, 5.41) is 8.12. The molecule has 1 saturated heterocycles. The van der Waals surface area contributed by atoms with Gasteiger partial charge in [0.2, 0.25) is 0 Å². The molecule has 1 saturated carbocycles. The Morgan fingerprint density at radius 3 is 2.83 bits per heavy atom. The van der Waals surface area contributed by atoms with Crippen molar-refractivity contribution >= 4 is 41.3 Å². The summed E-state index contributed by atoms with van der Waals surface area (Å²) in [6.07, 6.45) is 5.80. The van der Waals surface area contributed by atoms with Crippen molar-refractivity contribution in [1.29, 1.82) is 0 Å². The molecule has 0 aromatic carbocycles. The monoisotopic (exact) mass is 449 g/mol. The van der Waals surface area contributed by atoms with Crippen LogP contribution in [0.1, 0.15) is 36.6 Å². The van der Waals surface area contributed by atoms with Crippen LogP contribution in [-0.4, -0.2) is 48.1 Å². The molecule has 1 aliphatic heterocycles. The molecule has 2 heterocycles. The molecule has 2 unspecified atom stereocenters. The Morgan fingerprint density at radius 2 is 2.22 bits per heavy atom. The first-order valence-electron chi connectivity index (χ1n) is 8.34. The summed E-state index contributed by atoms with van der Waals surface area (Å²) in [4.78, 5) is 12.8. The molecule has 2 aliphatic rings. The third-order valence-electron chi connectivity index (χ3n) is 4.61. The van der Waals surface area contributed by atoms with Crippen LogP contribution in [0.2, 0.25) is 0 Å². The van der Waals surface area contributed by atoms with Gasteiger partial charge in [0.1, 0.15) is 5.01 Å². The number of aryl methyl sites for hydroxylation is 1. The average Bonchev–Trinajstić information content (AvgIpc) is 3.17. The number of halogens is 1. The number of rotatable bonds is 5. The van der Waals surface area contributed by atoms with Crippen LogP contribution in [0.3, 0.4) is 0 Å². The number of nitrogens with one attached hydrogen (secondary N) is 2. The zero-order valence-electron chi connectivity index (χ0n) is 14.2. The van der Waals surface area contributed by atoms with Crippen LogP contribution >= 0.6 is 35.3 Å².